The first-order valence-electron chi connectivity index (χ1n) is 2.64. The lowest BCUT2D eigenvalue weighted by atomic mass is 10.5. The first-order chi connectivity index (χ1) is 4.74. The van der Waals surface area contributed by atoms with E-state index in [1.165, 1.54) is 18.6 Å². The third kappa shape index (κ3) is 1.30. The number of carbonyl (C=O) groups excluding carboxylic acids is 1. The molecule has 10 heavy (non-hydrogen) atoms. The average molecular weight is 159 g/mol. The van der Waals surface area contributed by atoms with Crippen LogP contribution in [0, 0.1) is 0 Å². The molecule has 0 amide bonds. The summed E-state index contributed by atoms with van der Waals surface area (Å²) in [6.45, 7) is 0. The van der Waals surface area contributed by atoms with Crippen LogP contribution in [-0.2, 0) is 11.8 Å². The summed E-state index contributed by atoms with van der Waals surface area (Å²) in [6.07, 6.45) is 0. The Hall–Kier alpha value is -0.970. The van der Waals surface area contributed by atoms with Crippen molar-refractivity contribution >= 4 is 17.5 Å². The highest BCUT2D eigenvalue weighted by Gasteiger charge is 2.13. The monoisotopic (exact) mass is 159 g/mol. The normalized spacial score (nSPS) is 9.40. The SMILES string of the molecule is COC(=O)c1cs[n+](C)n1. The predicted molar refractivity (Wildman–Crippen MR) is 34.6 cm³/mol. The van der Waals surface area contributed by atoms with Gasteiger partial charge in [-0.1, -0.05) is 0 Å². The van der Waals surface area contributed by atoms with Gasteiger partial charge in [0, 0.05) is 5.10 Å². The summed E-state index contributed by atoms with van der Waals surface area (Å²) in [5.41, 5.74) is 0.356. The van der Waals surface area contributed by atoms with Crippen molar-refractivity contribution in [3.8, 4) is 0 Å². The first kappa shape index (κ1) is 7.14. The van der Waals surface area contributed by atoms with Gasteiger partial charge < -0.3 is 4.74 Å². The highest BCUT2D eigenvalue weighted by atomic mass is 32.1. The fourth-order valence-corrected chi connectivity index (χ4v) is 1.05. The molecule has 1 aromatic heterocycles. The summed E-state index contributed by atoms with van der Waals surface area (Å²) < 4.78 is 6.03. The largest absolute Gasteiger partial charge is 0.464 e. The quantitative estimate of drug-likeness (QED) is 0.419. The molecule has 0 spiro atoms. The fraction of sp³-hybridized carbons (Fsp3) is 0.400. The minimum absolute atomic E-state index is 0.356. The second-order valence-electron chi connectivity index (χ2n) is 1.66. The Morgan fingerprint density at radius 2 is 2.60 bits per heavy atom. The van der Waals surface area contributed by atoms with Crippen LogP contribution in [0.2, 0.25) is 0 Å². The van der Waals surface area contributed by atoms with E-state index in [2.05, 4.69) is 9.84 Å². The number of esters is 1. The van der Waals surface area contributed by atoms with E-state index < -0.39 is 5.97 Å². The molecule has 0 saturated carbocycles. The smallest absolute Gasteiger partial charge is 0.364 e. The van der Waals surface area contributed by atoms with E-state index in [1.54, 1.807) is 16.5 Å². The number of hydrogen-bond donors (Lipinski definition) is 0. The van der Waals surface area contributed by atoms with Crippen molar-refractivity contribution in [3.05, 3.63) is 11.1 Å². The molecular weight excluding hydrogens is 152 g/mol. The first-order valence-corrected chi connectivity index (χ1v) is 3.48. The summed E-state index contributed by atoms with van der Waals surface area (Å²) in [5.74, 6) is -0.392. The lowest BCUT2D eigenvalue weighted by Gasteiger charge is -1.86. The molecule has 0 aromatic carbocycles. The number of aryl methyl sites for hydroxylation is 1. The van der Waals surface area contributed by atoms with Crippen LogP contribution in [0.4, 0.5) is 0 Å². The molecule has 0 aliphatic heterocycles. The summed E-state index contributed by atoms with van der Waals surface area (Å²) in [7, 11) is 3.10. The molecule has 0 atom stereocenters. The van der Waals surface area contributed by atoms with Crippen LogP contribution in [-0.4, -0.2) is 18.2 Å². The Balaban J connectivity index is 2.85. The Morgan fingerprint density at radius 1 is 1.90 bits per heavy atom. The van der Waals surface area contributed by atoms with Gasteiger partial charge in [-0.15, -0.1) is 0 Å². The van der Waals surface area contributed by atoms with Crippen LogP contribution in [0.3, 0.4) is 0 Å². The second-order valence-corrected chi connectivity index (χ2v) is 2.64. The highest BCUT2D eigenvalue weighted by Crippen LogP contribution is 1.95. The van der Waals surface area contributed by atoms with Crippen LogP contribution in [0.1, 0.15) is 10.5 Å². The lowest BCUT2D eigenvalue weighted by Crippen LogP contribution is -2.26. The van der Waals surface area contributed by atoms with Gasteiger partial charge in [0.15, 0.2) is 18.6 Å². The van der Waals surface area contributed by atoms with Gasteiger partial charge in [0.2, 0.25) is 5.69 Å². The Morgan fingerprint density at radius 3 is 3.00 bits per heavy atom. The van der Waals surface area contributed by atoms with Gasteiger partial charge in [-0.25, -0.2) is 4.79 Å². The molecular formula is C5H7N2O2S+. The average Bonchev–Trinajstić information content (AvgIpc) is 2.34. The Bertz CT molecular complexity index is 246. The summed E-state index contributed by atoms with van der Waals surface area (Å²) >= 11 is 1.35. The summed E-state index contributed by atoms with van der Waals surface area (Å²) in [6, 6.07) is 0. The number of rotatable bonds is 1. The molecule has 0 N–H and O–H groups in total. The van der Waals surface area contributed by atoms with Gasteiger partial charge in [-0.05, 0) is 4.07 Å². The second kappa shape index (κ2) is 2.74. The standard InChI is InChI=1S/C5H7N2O2S/c1-7-6-4(3-10-7)5(8)9-2/h3H,1-2H3/q+1. The van der Waals surface area contributed by atoms with E-state index in [-0.39, 0.29) is 0 Å². The van der Waals surface area contributed by atoms with Crippen molar-refractivity contribution in [2.75, 3.05) is 7.11 Å². The maximum absolute atomic E-state index is 10.7. The van der Waals surface area contributed by atoms with Gasteiger partial charge in [0.25, 0.3) is 0 Å². The molecule has 0 saturated heterocycles. The number of ether oxygens (including phenoxy) is 1. The van der Waals surface area contributed by atoms with Gasteiger partial charge in [-0.3, -0.25) is 0 Å². The van der Waals surface area contributed by atoms with Crippen molar-refractivity contribution in [1.82, 2.24) is 5.10 Å². The van der Waals surface area contributed by atoms with Crippen molar-refractivity contribution in [2.24, 2.45) is 7.05 Å². The van der Waals surface area contributed by atoms with E-state index in [9.17, 15) is 4.79 Å². The van der Waals surface area contributed by atoms with Crippen LogP contribution in [0.15, 0.2) is 5.38 Å². The molecule has 0 unspecified atom stereocenters. The van der Waals surface area contributed by atoms with Gasteiger partial charge in [0.1, 0.15) is 0 Å². The molecule has 0 aliphatic rings. The minimum atomic E-state index is -0.392. The molecule has 54 valence electrons. The summed E-state index contributed by atoms with van der Waals surface area (Å²) in [5, 5.41) is 5.49. The van der Waals surface area contributed by atoms with Gasteiger partial charge in [-0.2, -0.15) is 0 Å². The van der Waals surface area contributed by atoms with Crippen molar-refractivity contribution in [2.45, 2.75) is 0 Å². The molecule has 1 heterocycles. The van der Waals surface area contributed by atoms with E-state index >= 15 is 0 Å². The fourth-order valence-electron chi connectivity index (χ4n) is 0.519. The molecule has 5 heteroatoms. The van der Waals surface area contributed by atoms with Crippen molar-refractivity contribution < 1.29 is 13.6 Å². The van der Waals surface area contributed by atoms with Crippen LogP contribution >= 0.6 is 11.5 Å². The van der Waals surface area contributed by atoms with E-state index in [4.69, 9.17) is 0 Å². The zero-order valence-electron chi connectivity index (χ0n) is 5.70. The molecule has 4 nitrogen and oxygen atoms in total. The highest BCUT2D eigenvalue weighted by molar-refractivity contribution is 6.99. The van der Waals surface area contributed by atoms with Crippen LogP contribution in [0.5, 0.6) is 0 Å². The maximum atomic E-state index is 10.7. The maximum Gasteiger partial charge on any atom is 0.364 e. The minimum Gasteiger partial charge on any atom is -0.464 e. The molecule has 0 radical (unpaired) electrons. The number of carbonyl (C=O) groups is 1. The van der Waals surface area contributed by atoms with Gasteiger partial charge in [0.05, 0.1) is 12.5 Å². The predicted octanol–water partition coefficient (Wildman–Crippen LogP) is -0.246. The molecule has 1 rings (SSSR count). The topological polar surface area (TPSA) is 43.1 Å². The number of aromatic nitrogens is 2. The van der Waals surface area contributed by atoms with E-state index in [0.717, 1.165) is 0 Å². The van der Waals surface area contributed by atoms with Crippen molar-refractivity contribution in [3.63, 3.8) is 0 Å². The Labute approximate surface area is 62.2 Å². The third-order valence-corrected chi connectivity index (χ3v) is 1.68. The van der Waals surface area contributed by atoms with Crippen LogP contribution < -0.4 is 4.07 Å². The lowest BCUT2D eigenvalue weighted by molar-refractivity contribution is -0.663. The van der Waals surface area contributed by atoms with E-state index in [0.29, 0.717) is 5.69 Å². The third-order valence-electron chi connectivity index (χ3n) is 0.960. The zero-order chi connectivity index (χ0) is 7.56. The van der Waals surface area contributed by atoms with Crippen LogP contribution in [0.25, 0.3) is 0 Å². The molecule has 1 aromatic rings. The molecule has 0 fully saturated rings. The zero-order valence-corrected chi connectivity index (χ0v) is 6.51. The molecule has 0 aliphatic carbocycles. The van der Waals surface area contributed by atoms with Crippen molar-refractivity contribution in [1.29, 1.82) is 0 Å². The van der Waals surface area contributed by atoms with E-state index in [1.807, 2.05) is 0 Å². The summed E-state index contributed by atoms with van der Waals surface area (Å²) in [4.78, 5) is 10.7. The number of hydrogen-bond acceptors (Lipinski definition) is 4. The Kier molecular flexibility index (Phi) is 1.96. The van der Waals surface area contributed by atoms with Gasteiger partial charge >= 0.3 is 5.97 Å². The molecule has 0 bridgehead atoms. The number of methoxy groups -OCH3 is 1. The number of nitrogens with zero attached hydrogens (tertiary/aromatic N) is 2.